The van der Waals surface area contributed by atoms with E-state index >= 15 is 0 Å². The zero-order valence-electron chi connectivity index (χ0n) is 10.4. The first-order chi connectivity index (χ1) is 7.68. The second-order valence-corrected chi connectivity index (χ2v) is 5.69. The number of hydrogen-bond acceptors (Lipinski definition) is 3. The van der Waals surface area contributed by atoms with Gasteiger partial charge in [0.2, 0.25) is 0 Å². The quantitative estimate of drug-likeness (QED) is 0.771. The Morgan fingerprint density at radius 2 is 2.06 bits per heavy atom. The molecule has 2 aliphatic rings. The van der Waals surface area contributed by atoms with Crippen LogP contribution in [0, 0.1) is 5.92 Å². The largest absolute Gasteiger partial charge is 0.389 e. The van der Waals surface area contributed by atoms with E-state index in [-0.39, 0.29) is 0 Å². The lowest BCUT2D eigenvalue weighted by atomic mass is 9.79. The molecular formula is C13H25NO2. The number of nitrogens with one attached hydrogen (secondary N) is 1. The molecular weight excluding hydrogens is 202 g/mol. The molecule has 2 N–H and O–H groups in total. The molecule has 2 unspecified atom stereocenters. The van der Waals surface area contributed by atoms with Crippen LogP contribution >= 0.6 is 0 Å². The first-order valence-corrected chi connectivity index (χ1v) is 6.71. The Kier molecular flexibility index (Phi) is 4.22. The van der Waals surface area contributed by atoms with Gasteiger partial charge < -0.3 is 15.2 Å². The predicted octanol–water partition coefficient (Wildman–Crippen LogP) is 1.70. The van der Waals surface area contributed by atoms with Crippen molar-refractivity contribution in [2.45, 2.75) is 57.1 Å². The van der Waals surface area contributed by atoms with Crippen molar-refractivity contribution in [2.24, 2.45) is 5.92 Å². The van der Waals surface area contributed by atoms with Crippen molar-refractivity contribution in [3.05, 3.63) is 0 Å². The molecule has 0 bridgehead atoms. The highest BCUT2D eigenvalue weighted by molar-refractivity contribution is 4.88. The van der Waals surface area contributed by atoms with Crippen molar-refractivity contribution in [1.29, 1.82) is 0 Å². The molecule has 0 aromatic carbocycles. The summed E-state index contributed by atoms with van der Waals surface area (Å²) < 4.78 is 5.33. The maximum absolute atomic E-state index is 10.5. The average Bonchev–Trinajstić information content (AvgIpc) is 2.28. The summed E-state index contributed by atoms with van der Waals surface area (Å²) in [5.74, 6) is 0.676. The van der Waals surface area contributed by atoms with E-state index in [9.17, 15) is 5.11 Å². The van der Waals surface area contributed by atoms with Crippen LogP contribution in [0.3, 0.4) is 0 Å². The van der Waals surface area contributed by atoms with Gasteiger partial charge in [0.1, 0.15) is 0 Å². The molecule has 16 heavy (non-hydrogen) atoms. The molecule has 1 aliphatic carbocycles. The lowest BCUT2D eigenvalue weighted by Crippen LogP contribution is -2.48. The Morgan fingerprint density at radius 1 is 1.31 bits per heavy atom. The van der Waals surface area contributed by atoms with Crippen LogP contribution in [-0.2, 0) is 4.74 Å². The predicted molar refractivity (Wildman–Crippen MR) is 64.4 cm³/mol. The van der Waals surface area contributed by atoms with Gasteiger partial charge in [-0.2, -0.15) is 0 Å². The van der Waals surface area contributed by atoms with E-state index in [1.54, 1.807) is 0 Å². The monoisotopic (exact) mass is 227 g/mol. The highest BCUT2D eigenvalue weighted by Crippen LogP contribution is 2.31. The fourth-order valence-corrected chi connectivity index (χ4v) is 3.03. The summed E-state index contributed by atoms with van der Waals surface area (Å²) in [4.78, 5) is 0. The number of rotatable bonds is 3. The topological polar surface area (TPSA) is 41.5 Å². The number of ether oxygens (including phenoxy) is 1. The summed E-state index contributed by atoms with van der Waals surface area (Å²) in [7, 11) is 0. The van der Waals surface area contributed by atoms with Crippen LogP contribution in [-0.4, -0.2) is 36.5 Å². The Morgan fingerprint density at radius 3 is 2.75 bits per heavy atom. The van der Waals surface area contributed by atoms with Gasteiger partial charge in [0.25, 0.3) is 0 Å². The van der Waals surface area contributed by atoms with Gasteiger partial charge in [-0.05, 0) is 31.6 Å². The van der Waals surface area contributed by atoms with E-state index in [1.807, 2.05) is 0 Å². The van der Waals surface area contributed by atoms with Crippen molar-refractivity contribution in [1.82, 2.24) is 5.32 Å². The van der Waals surface area contributed by atoms with Crippen molar-refractivity contribution in [3.8, 4) is 0 Å². The Labute approximate surface area is 98.6 Å². The third-order valence-corrected chi connectivity index (χ3v) is 4.01. The molecule has 1 saturated heterocycles. The van der Waals surface area contributed by atoms with Crippen LogP contribution in [0.2, 0.25) is 0 Å². The van der Waals surface area contributed by atoms with Gasteiger partial charge >= 0.3 is 0 Å². The van der Waals surface area contributed by atoms with Crippen LogP contribution in [0.15, 0.2) is 0 Å². The normalized spacial score (nSPS) is 37.5. The lowest BCUT2D eigenvalue weighted by Gasteiger charge is -2.37. The van der Waals surface area contributed by atoms with Crippen molar-refractivity contribution < 1.29 is 9.84 Å². The number of hydrogen-bond donors (Lipinski definition) is 2. The zero-order chi connectivity index (χ0) is 11.4. The molecule has 94 valence electrons. The standard InChI is InChI=1S/C13H25NO2/c1-11-3-2-6-13(15,9-11)10-14-12-4-7-16-8-5-12/h11-12,14-15H,2-10H2,1H3. The third-order valence-electron chi connectivity index (χ3n) is 4.01. The molecule has 3 heteroatoms. The maximum atomic E-state index is 10.5. The molecule has 0 spiro atoms. The maximum Gasteiger partial charge on any atom is 0.0774 e. The van der Waals surface area contributed by atoms with Crippen LogP contribution in [0.5, 0.6) is 0 Å². The summed E-state index contributed by atoms with van der Waals surface area (Å²) in [6.07, 6.45) is 6.56. The Hall–Kier alpha value is -0.120. The molecule has 1 heterocycles. The van der Waals surface area contributed by atoms with Crippen molar-refractivity contribution in [3.63, 3.8) is 0 Å². The highest BCUT2D eigenvalue weighted by atomic mass is 16.5. The van der Waals surface area contributed by atoms with E-state index in [2.05, 4.69) is 12.2 Å². The Bertz CT molecular complexity index is 216. The van der Waals surface area contributed by atoms with Gasteiger partial charge in [-0.25, -0.2) is 0 Å². The molecule has 3 nitrogen and oxygen atoms in total. The van der Waals surface area contributed by atoms with Gasteiger partial charge in [-0.15, -0.1) is 0 Å². The molecule has 0 amide bonds. The van der Waals surface area contributed by atoms with Crippen molar-refractivity contribution >= 4 is 0 Å². The minimum Gasteiger partial charge on any atom is -0.389 e. The first-order valence-electron chi connectivity index (χ1n) is 6.71. The molecule has 2 fully saturated rings. The number of aliphatic hydroxyl groups is 1. The van der Waals surface area contributed by atoms with Gasteiger partial charge in [0.15, 0.2) is 0 Å². The summed E-state index contributed by atoms with van der Waals surface area (Å²) in [5, 5.41) is 14.0. The van der Waals surface area contributed by atoms with Crippen LogP contribution in [0.25, 0.3) is 0 Å². The summed E-state index contributed by atoms with van der Waals surface area (Å²) in [6, 6.07) is 0.551. The molecule has 2 rings (SSSR count). The van der Waals surface area contributed by atoms with Gasteiger partial charge in [0, 0.05) is 25.8 Å². The molecule has 0 radical (unpaired) electrons. The van der Waals surface area contributed by atoms with E-state index in [0.29, 0.717) is 12.0 Å². The van der Waals surface area contributed by atoms with Crippen LogP contribution < -0.4 is 5.32 Å². The lowest BCUT2D eigenvalue weighted by molar-refractivity contribution is -0.0179. The van der Waals surface area contributed by atoms with Gasteiger partial charge in [0.05, 0.1) is 5.60 Å². The average molecular weight is 227 g/mol. The van der Waals surface area contributed by atoms with Crippen LogP contribution in [0.4, 0.5) is 0 Å². The second kappa shape index (κ2) is 5.48. The zero-order valence-corrected chi connectivity index (χ0v) is 10.4. The molecule has 0 aromatic heterocycles. The van der Waals surface area contributed by atoms with Gasteiger partial charge in [-0.1, -0.05) is 19.8 Å². The third kappa shape index (κ3) is 3.44. The summed E-state index contributed by atoms with van der Waals surface area (Å²) >= 11 is 0. The molecule has 2 atom stereocenters. The Balaban J connectivity index is 1.74. The van der Waals surface area contributed by atoms with E-state index < -0.39 is 5.60 Å². The van der Waals surface area contributed by atoms with Crippen LogP contribution in [0.1, 0.15) is 45.4 Å². The van der Waals surface area contributed by atoms with Crippen molar-refractivity contribution in [2.75, 3.05) is 19.8 Å². The molecule has 0 aromatic rings. The smallest absolute Gasteiger partial charge is 0.0774 e. The second-order valence-electron chi connectivity index (χ2n) is 5.69. The SMILES string of the molecule is CC1CCCC(O)(CNC2CCOCC2)C1. The summed E-state index contributed by atoms with van der Waals surface area (Å²) in [5.41, 5.74) is -0.448. The minimum atomic E-state index is -0.448. The minimum absolute atomic E-state index is 0.448. The molecule has 1 saturated carbocycles. The summed E-state index contributed by atoms with van der Waals surface area (Å²) in [6.45, 7) is 4.75. The molecule has 1 aliphatic heterocycles. The van der Waals surface area contributed by atoms with E-state index in [1.165, 1.54) is 12.8 Å². The fraction of sp³-hybridized carbons (Fsp3) is 1.00. The highest BCUT2D eigenvalue weighted by Gasteiger charge is 2.32. The fourth-order valence-electron chi connectivity index (χ4n) is 3.03. The first kappa shape index (κ1) is 12.3. The van der Waals surface area contributed by atoms with E-state index in [4.69, 9.17) is 4.74 Å². The van der Waals surface area contributed by atoms with E-state index in [0.717, 1.165) is 45.4 Å². The van der Waals surface area contributed by atoms with Gasteiger partial charge in [-0.3, -0.25) is 0 Å².